The van der Waals surface area contributed by atoms with Crippen molar-refractivity contribution in [3.8, 4) is 11.5 Å². The summed E-state index contributed by atoms with van der Waals surface area (Å²) in [7, 11) is 3.19. The summed E-state index contributed by atoms with van der Waals surface area (Å²) in [4.78, 5) is 31.5. The number of hydrogen-bond donors (Lipinski definition) is 0. The number of halogens is 1. The minimum Gasteiger partial charge on any atom is -0.493 e. The summed E-state index contributed by atoms with van der Waals surface area (Å²) in [5, 5.41) is 1.99. The predicted molar refractivity (Wildman–Crippen MR) is 149 cm³/mol. The van der Waals surface area contributed by atoms with Crippen LogP contribution in [0.25, 0.3) is 0 Å². The molecule has 208 valence electrons. The van der Waals surface area contributed by atoms with Crippen LogP contribution in [0.3, 0.4) is 0 Å². The number of nitrogens with zero attached hydrogens (tertiary/aromatic N) is 2. The zero-order chi connectivity index (χ0) is 27.6. The lowest BCUT2D eigenvalue weighted by atomic mass is 10.1. The van der Waals surface area contributed by atoms with Crippen molar-refractivity contribution < 1.29 is 28.2 Å². The van der Waals surface area contributed by atoms with E-state index in [1.54, 1.807) is 47.5 Å². The van der Waals surface area contributed by atoms with Gasteiger partial charge in [-0.05, 0) is 66.1 Å². The number of thiophene rings is 1. The lowest BCUT2D eigenvalue weighted by Crippen LogP contribution is -2.46. The fraction of sp³-hybridized carbons (Fsp3) is 0.400. The second-order valence-corrected chi connectivity index (χ2v) is 10.6. The molecule has 1 fully saturated rings. The number of hydrogen-bond acceptors (Lipinski definition) is 6. The van der Waals surface area contributed by atoms with Gasteiger partial charge in [0.1, 0.15) is 5.82 Å². The maximum atomic E-state index is 13.7. The Balaban J connectivity index is 1.48. The number of amides is 2. The van der Waals surface area contributed by atoms with Gasteiger partial charge in [-0.1, -0.05) is 24.3 Å². The highest BCUT2D eigenvalue weighted by molar-refractivity contribution is 7.09. The maximum Gasteiger partial charge on any atom is 0.242 e. The molecule has 0 bridgehead atoms. The van der Waals surface area contributed by atoms with Crippen LogP contribution in [0.1, 0.15) is 28.8 Å². The molecule has 9 heteroatoms. The molecule has 1 saturated heterocycles. The smallest absolute Gasteiger partial charge is 0.242 e. The predicted octanol–water partition coefficient (Wildman–Crippen LogP) is 4.73. The van der Waals surface area contributed by atoms with E-state index in [0.29, 0.717) is 49.7 Å². The molecule has 2 amide bonds. The highest BCUT2D eigenvalue weighted by Gasteiger charge is 2.26. The lowest BCUT2D eigenvalue weighted by molar-refractivity contribution is -0.141. The van der Waals surface area contributed by atoms with Gasteiger partial charge < -0.3 is 24.0 Å². The second-order valence-electron chi connectivity index (χ2n) is 9.55. The fourth-order valence-corrected chi connectivity index (χ4v) is 5.34. The van der Waals surface area contributed by atoms with E-state index < -0.39 is 0 Å². The molecule has 4 rings (SSSR count). The Bertz CT molecular complexity index is 1210. The van der Waals surface area contributed by atoms with E-state index in [1.807, 2.05) is 35.7 Å². The highest BCUT2D eigenvalue weighted by Crippen LogP contribution is 2.28. The molecule has 7 nitrogen and oxygen atoms in total. The third kappa shape index (κ3) is 8.28. The van der Waals surface area contributed by atoms with Gasteiger partial charge in [-0.15, -0.1) is 11.3 Å². The quantitative estimate of drug-likeness (QED) is 0.306. The summed E-state index contributed by atoms with van der Waals surface area (Å²) < 4.78 is 29.9. The van der Waals surface area contributed by atoms with Gasteiger partial charge in [0, 0.05) is 24.6 Å². The molecule has 1 aliphatic heterocycles. The normalized spacial score (nSPS) is 14.7. The topological polar surface area (TPSA) is 68.3 Å². The lowest BCUT2D eigenvalue weighted by Gasteiger charge is -2.29. The molecule has 3 aromatic rings. The molecule has 0 saturated carbocycles. The first-order valence-electron chi connectivity index (χ1n) is 13.1. The molecule has 0 N–H and O–H groups in total. The molecular formula is C30H35FN2O5S. The van der Waals surface area contributed by atoms with Crippen LogP contribution in [0.4, 0.5) is 4.39 Å². The Hall–Kier alpha value is -3.43. The van der Waals surface area contributed by atoms with Crippen LogP contribution in [0.2, 0.25) is 0 Å². The molecule has 0 spiro atoms. The highest BCUT2D eigenvalue weighted by atomic mass is 32.1. The zero-order valence-corrected chi connectivity index (χ0v) is 23.3. The van der Waals surface area contributed by atoms with E-state index in [-0.39, 0.29) is 36.7 Å². The average molecular weight is 555 g/mol. The van der Waals surface area contributed by atoms with Gasteiger partial charge in [0.05, 0.1) is 39.8 Å². The van der Waals surface area contributed by atoms with Crippen molar-refractivity contribution in [2.24, 2.45) is 0 Å². The Labute approximate surface area is 233 Å². The van der Waals surface area contributed by atoms with Gasteiger partial charge in [0.15, 0.2) is 11.5 Å². The van der Waals surface area contributed by atoms with Gasteiger partial charge in [-0.25, -0.2) is 4.39 Å². The van der Waals surface area contributed by atoms with Gasteiger partial charge in [-0.3, -0.25) is 9.59 Å². The Morgan fingerprint density at radius 2 is 1.77 bits per heavy atom. The van der Waals surface area contributed by atoms with E-state index >= 15 is 0 Å². The van der Waals surface area contributed by atoms with Crippen LogP contribution >= 0.6 is 11.3 Å². The standard InChI is InChI=1S/C30H35FN2O5S/c1-36-27-12-9-23(17-28(27)37-2)13-14-32(20-26-6-4-16-39-26)30(35)21-33(19-25-5-3-15-38-25)29(34)18-22-7-10-24(31)11-8-22/h4,6-12,16-17,25H,3,5,13-15,18-21H2,1-2H3. The van der Waals surface area contributed by atoms with Gasteiger partial charge >= 0.3 is 0 Å². The van der Waals surface area contributed by atoms with Crippen molar-refractivity contribution >= 4 is 23.2 Å². The Morgan fingerprint density at radius 1 is 1.00 bits per heavy atom. The van der Waals surface area contributed by atoms with Gasteiger partial charge in [-0.2, -0.15) is 0 Å². The third-order valence-electron chi connectivity index (χ3n) is 6.79. The molecule has 39 heavy (non-hydrogen) atoms. The van der Waals surface area contributed by atoms with E-state index in [1.165, 1.54) is 12.1 Å². The number of methoxy groups -OCH3 is 2. The molecule has 0 aliphatic carbocycles. The number of ether oxygens (including phenoxy) is 3. The molecule has 1 aromatic heterocycles. The Morgan fingerprint density at radius 3 is 2.44 bits per heavy atom. The van der Waals surface area contributed by atoms with Crippen molar-refractivity contribution in [3.05, 3.63) is 81.8 Å². The first-order valence-corrected chi connectivity index (χ1v) is 14.0. The molecule has 2 aromatic carbocycles. The van der Waals surface area contributed by atoms with E-state index in [2.05, 4.69) is 0 Å². The van der Waals surface area contributed by atoms with Gasteiger partial charge in [0.2, 0.25) is 11.8 Å². The minimum absolute atomic E-state index is 0.0444. The molecular weight excluding hydrogens is 519 g/mol. The summed E-state index contributed by atoms with van der Waals surface area (Å²) in [6.45, 7) is 1.91. The Kier molecular flexibility index (Phi) is 10.3. The number of benzene rings is 2. The number of carbonyl (C=O) groups is 2. The van der Waals surface area contributed by atoms with Crippen LogP contribution in [0.15, 0.2) is 60.0 Å². The van der Waals surface area contributed by atoms with Crippen LogP contribution in [-0.2, 0) is 33.7 Å². The average Bonchev–Trinajstić information content (AvgIpc) is 3.66. The second kappa shape index (κ2) is 14.1. The van der Waals surface area contributed by atoms with Crippen molar-refractivity contribution in [2.75, 3.05) is 40.5 Å². The maximum absolute atomic E-state index is 13.7. The molecule has 1 atom stereocenters. The molecule has 2 heterocycles. The summed E-state index contributed by atoms with van der Waals surface area (Å²) in [6.07, 6.45) is 2.41. The van der Waals surface area contributed by atoms with Crippen LogP contribution < -0.4 is 9.47 Å². The summed E-state index contributed by atoms with van der Waals surface area (Å²) >= 11 is 1.59. The SMILES string of the molecule is COc1ccc(CCN(Cc2cccs2)C(=O)CN(CC2CCCO2)C(=O)Cc2ccc(F)cc2)cc1OC. The van der Waals surface area contributed by atoms with E-state index in [0.717, 1.165) is 23.3 Å². The first-order chi connectivity index (χ1) is 18.9. The van der Waals surface area contributed by atoms with Crippen LogP contribution in [0, 0.1) is 5.82 Å². The van der Waals surface area contributed by atoms with Crippen molar-refractivity contribution in [1.82, 2.24) is 9.80 Å². The summed E-state index contributed by atoms with van der Waals surface area (Å²) in [5.74, 6) is 0.629. The largest absolute Gasteiger partial charge is 0.493 e. The summed E-state index contributed by atoms with van der Waals surface area (Å²) in [6, 6.07) is 15.6. The minimum atomic E-state index is -0.351. The van der Waals surface area contributed by atoms with Gasteiger partial charge in [0.25, 0.3) is 0 Å². The molecule has 0 radical (unpaired) electrons. The van der Waals surface area contributed by atoms with Crippen molar-refractivity contribution in [3.63, 3.8) is 0 Å². The third-order valence-corrected chi connectivity index (χ3v) is 7.65. The van der Waals surface area contributed by atoms with E-state index in [4.69, 9.17) is 14.2 Å². The van der Waals surface area contributed by atoms with Crippen molar-refractivity contribution in [1.29, 1.82) is 0 Å². The van der Waals surface area contributed by atoms with Crippen molar-refractivity contribution in [2.45, 2.75) is 38.3 Å². The zero-order valence-electron chi connectivity index (χ0n) is 22.4. The van der Waals surface area contributed by atoms with Crippen LogP contribution in [0.5, 0.6) is 11.5 Å². The first kappa shape index (κ1) is 28.6. The van der Waals surface area contributed by atoms with Crippen LogP contribution in [-0.4, -0.2) is 68.2 Å². The molecule has 1 unspecified atom stereocenters. The number of carbonyl (C=O) groups excluding carboxylic acids is 2. The fourth-order valence-electron chi connectivity index (χ4n) is 4.62. The monoisotopic (exact) mass is 554 g/mol. The summed E-state index contributed by atoms with van der Waals surface area (Å²) in [5.41, 5.74) is 1.72. The molecule has 1 aliphatic rings. The van der Waals surface area contributed by atoms with E-state index in [9.17, 15) is 14.0 Å². The number of rotatable bonds is 13.